The van der Waals surface area contributed by atoms with Crippen LogP contribution >= 0.6 is 12.2 Å². The number of hydrogen-bond acceptors (Lipinski definition) is 4. The van der Waals surface area contributed by atoms with E-state index in [9.17, 15) is 4.79 Å². The van der Waals surface area contributed by atoms with Gasteiger partial charge in [-0.2, -0.15) is 0 Å². The fraction of sp³-hybridized carbons (Fsp3) is 0.500. The van der Waals surface area contributed by atoms with Gasteiger partial charge < -0.3 is 14.1 Å². The molecule has 18 heavy (non-hydrogen) atoms. The molecular weight excluding hydrogens is 252 g/mol. The summed E-state index contributed by atoms with van der Waals surface area (Å²) < 4.78 is 10.6. The summed E-state index contributed by atoms with van der Waals surface area (Å²) in [5.74, 6) is -0.0662. The normalized spacial score (nSPS) is 23.8. The van der Waals surface area contributed by atoms with Crippen molar-refractivity contribution < 1.29 is 13.9 Å². The third-order valence-corrected chi connectivity index (χ3v) is 3.03. The van der Waals surface area contributed by atoms with Gasteiger partial charge >= 0.3 is 0 Å². The van der Waals surface area contributed by atoms with E-state index in [0.717, 1.165) is 0 Å². The monoisotopic (exact) mass is 268 g/mol. The molecule has 2 rings (SSSR count). The summed E-state index contributed by atoms with van der Waals surface area (Å²) in [5, 5.41) is 3.08. The van der Waals surface area contributed by atoms with Crippen LogP contribution in [0.1, 0.15) is 24.4 Å². The summed E-state index contributed by atoms with van der Waals surface area (Å²) in [6.07, 6.45) is 1.66. The van der Waals surface area contributed by atoms with Crippen LogP contribution in [0.2, 0.25) is 0 Å². The van der Waals surface area contributed by atoms with Gasteiger partial charge in [-0.25, -0.2) is 0 Å². The Bertz CT molecular complexity index is 423. The fourth-order valence-corrected chi connectivity index (χ4v) is 2.23. The van der Waals surface area contributed by atoms with Crippen molar-refractivity contribution in [1.82, 2.24) is 10.2 Å². The number of carbonyl (C=O) groups is 1. The number of carbonyl (C=O) groups excluding carboxylic acids is 1. The van der Waals surface area contributed by atoms with Crippen LogP contribution < -0.4 is 5.32 Å². The third-order valence-electron chi connectivity index (χ3n) is 2.67. The number of hydrogen-bond donors (Lipinski definition) is 1. The Balaban J connectivity index is 1.93. The Morgan fingerprint density at radius 3 is 2.67 bits per heavy atom. The van der Waals surface area contributed by atoms with Crippen molar-refractivity contribution in [2.24, 2.45) is 0 Å². The van der Waals surface area contributed by atoms with Gasteiger partial charge in [0.2, 0.25) is 0 Å². The molecule has 0 bridgehead atoms. The van der Waals surface area contributed by atoms with Gasteiger partial charge in [0.15, 0.2) is 10.9 Å². The number of amides is 1. The topological polar surface area (TPSA) is 54.7 Å². The van der Waals surface area contributed by atoms with E-state index in [-0.39, 0.29) is 23.9 Å². The maximum absolute atomic E-state index is 11.8. The molecule has 1 N–H and O–H groups in total. The molecule has 1 saturated heterocycles. The van der Waals surface area contributed by atoms with Gasteiger partial charge in [0, 0.05) is 13.1 Å². The van der Waals surface area contributed by atoms with Gasteiger partial charge in [0.25, 0.3) is 5.91 Å². The van der Waals surface area contributed by atoms with Gasteiger partial charge in [-0.1, -0.05) is 0 Å². The van der Waals surface area contributed by atoms with E-state index >= 15 is 0 Å². The second-order valence-corrected chi connectivity index (χ2v) is 4.79. The molecule has 0 aromatic carbocycles. The summed E-state index contributed by atoms with van der Waals surface area (Å²) in [6.45, 7) is 5.34. The lowest BCUT2D eigenvalue weighted by molar-refractivity contribution is -0.0481. The minimum Gasteiger partial charge on any atom is -0.459 e. The molecule has 6 heteroatoms. The van der Waals surface area contributed by atoms with E-state index in [1.165, 1.54) is 6.26 Å². The number of nitrogens with one attached hydrogen (secondary N) is 1. The van der Waals surface area contributed by atoms with Crippen LogP contribution in [0, 0.1) is 0 Å². The zero-order valence-electron chi connectivity index (χ0n) is 10.4. The Hall–Kier alpha value is -1.40. The predicted octanol–water partition coefficient (Wildman–Crippen LogP) is 1.40. The van der Waals surface area contributed by atoms with Crippen LogP contribution in [-0.4, -0.2) is 41.2 Å². The summed E-state index contributed by atoms with van der Waals surface area (Å²) in [5.41, 5.74) is 0. The molecule has 5 nitrogen and oxygen atoms in total. The highest BCUT2D eigenvalue weighted by atomic mass is 32.1. The van der Waals surface area contributed by atoms with Crippen molar-refractivity contribution in [2.75, 3.05) is 13.1 Å². The lowest BCUT2D eigenvalue weighted by Gasteiger charge is -2.36. The number of furan rings is 1. The van der Waals surface area contributed by atoms with Crippen molar-refractivity contribution in [3.8, 4) is 0 Å². The Kier molecular flexibility index (Phi) is 3.98. The van der Waals surface area contributed by atoms with Crippen LogP contribution in [0.5, 0.6) is 0 Å². The smallest absolute Gasteiger partial charge is 0.293 e. The molecule has 0 unspecified atom stereocenters. The first-order valence-corrected chi connectivity index (χ1v) is 6.26. The van der Waals surface area contributed by atoms with Gasteiger partial charge in [0.05, 0.1) is 18.5 Å². The molecule has 1 aromatic rings. The third kappa shape index (κ3) is 3.08. The predicted molar refractivity (Wildman–Crippen MR) is 70.4 cm³/mol. The number of thiocarbonyl (C=S) groups is 1. The molecule has 1 aromatic heterocycles. The molecule has 1 fully saturated rings. The number of nitrogens with zero attached hydrogens (tertiary/aromatic N) is 1. The quantitative estimate of drug-likeness (QED) is 0.780. The van der Waals surface area contributed by atoms with Crippen LogP contribution in [0.4, 0.5) is 0 Å². The van der Waals surface area contributed by atoms with Gasteiger partial charge in [-0.3, -0.25) is 10.1 Å². The highest BCUT2D eigenvalue weighted by Gasteiger charge is 2.25. The second-order valence-electron chi connectivity index (χ2n) is 4.40. The lowest BCUT2D eigenvalue weighted by Crippen LogP contribution is -2.52. The minimum absolute atomic E-state index is 0.104. The standard InChI is InChI=1S/C12H16N2O3S/c1-8-6-14(7-9(2)17-8)12(18)13-11(15)10-4-3-5-16-10/h3-5,8-9H,6-7H2,1-2H3,(H,13,15,18)/t8-,9-/m0/s1. The first-order valence-electron chi connectivity index (χ1n) is 5.85. The largest absolute Gasteiger partial charge is 0.459 e. The zero-order chi connectivity index (χ0) is 13.1. The lowest BCUT2D eigenvalue weighted by atomic mass is 10.2. The van der Waals surface area contributed by atoms with Crippen molar-refractivity contribution in [1.29, 1.82) is 0 Å². The molecule has 0 spiro atoms. The average Bonchev–Trinajstić information content (AvgIpc) is 2.80. The molecule has 0 aliphatic carbocycles. The molecule has 2 atom stereocenters. The van der Waals surface area contributed by atoms with Crippen LogP contribution in [0.15, 0.2) is 22.8 Å². The van der Waals surface area contributed by atoms with E-state index in [1.54, 1.807) is 12.1 Å². The first kappa shape index (κ1) is 13.0. The Labute approximate surface area is 111 Å². The zero-order valence-corrected chi connectivity index (χ0v) is 11.2. The highest BCUT2D eigenvalue weighted by Crippen LogP contribution is 2.11. The number of ether oxygens (including phenoxy) is 1. The summed E-state index contributed by atoms with van der Waals surface area (Å²) in [6, 6.07) is 3.26. The molecule has 1 aliphatic rings. The highest BCUT2D eigenvalue weighted by molar-refractivity contribution is 7.80. The van der Waals surface area contributed by atoms with Gasteiger partial charge in [-0.05, 0) is 38.2 Å². The van der Waals surface area contributed by atoms with E-state index in [4.69, 9.17) is 21.4 Å². The SMILES string of the molecule is C[C@H]1CN(C(=S)NC(=O)c2ccco2)C[C@H](C)O1. The molecule has 1 amide bonds. The minimum atomic E-state index is -0.322. The van der Waals surface area contributed by atoms with E-state index in [1.807, 2.05) is 18.7 Å². The van der Waals surface area contributed by atoms with Crippen molar-refractivity contribution in [3.63, 3.8) is 0 Å². The number of rotatable bonds is 1. The molecule has 1 aliphatic heterocycles. The van der Waals surface area contributed by atoms with Crippen LogP contribution in [-0.2, 0) is 4.74 Å². The first-order chi connectivity index (χ1) is 8.56. The van der Waals surface area contributed by atoms with Crippen LogP contribution in [0.25, 0.3) is 0 Å². The Morgan fingerprint density at radius 1 is 1.44 bits per heavy atom. The van der Waals surface area contributed by atoms with Crippen LogP contribution in [0.3, 0.4) is 0 Å². The molecule has 98 valence electrons. The second kappa shape index (κ2) is 5.49. The van der Waals surface area contributed by atoms with E-state index in [0.29, 0.717) is 18.2 Å². The van der Waals surface area contributed by atoms with Crippen molar-refractivity contribution in [3.05, 3.63) is 24.2 Å². The van der Waals surface area contributed by atoms with Gasteiger partial charge in [-0.15, -0.1) is 0 Å². The Morgan fingerprint density at radius 2 is 2.11 bits per heavy atom. The summed E-state index contributed by atoms with van der Waals surface area (Å²) in [7, 11) is 0. The molecule has 2 heterocycles. The fourth-order valence-electron chi connectivity index (χ4n) is 1.99. The molecule has 0 radical (unpaired) electrons. The number of morpholine rings is 1. The molecular formula is C12H16N2O3S. The van der Waals surface area contributed by atoms with E-state index in [2.05, 4.69) is 5.32 Å². The molecule has 0 saturated carbocycles. The maximum atomic E-state index is 11.8. The summed E-state index contributed by atoms with van der Waals surface area (Å²) >= 11 is 5.23. The average molecular weight is 268 g/mol. The van der Waals surface area contributed by atoms with E-state index < -0.39 is 0 Å². The van der Waals surface area contributed by atoms with Crippen molar-refractivity contribution in [2.45, 2.75) is 26.1 Å². The van der Waals surface area contributed by atoms with Crippen molar-refractivity contribution >= 4 is 23.2 Å². The maximum Gasteiger partial charge on any atom is 0.293 e. The van der Waals surface area contributed by atoms with Gasteiger partial charge in [0.1, 0.15) is 0 Å². The summed E-state index contributed by atoms with van der Waals surface area (Å²) in [4.78, 5) is 13.7.